The number of rotatable bonds is 6. The lowest BCUT2D eigenvalue weighted by Gasteiger charge is -2.36. The third-order valence-electron chi connectivity index (χ3n) is 5.37. The van der Waals surface area contributed by atoms with Gasteiger partial charge in [0.15, 0.2) is 0 Å². The van der Waals surface area contributed by atoms with Crippen molar-refractivity contribution in [3.8, 4) is 0 Å². The van der Waals surface area contributed by atoms with Gasteiger partial charge in [0.2, 0.25) is 0 Å². The molecule has 164 valence electrons. The molecule has 28 heavy (non-hydrogen) atoms. The zero-order chi connectivity index (χ0) is 21.2. The summed E-state index contributed by atoms with van der Waals surface area (Å²) in [5.41, 5.74) is -1.42. The van der Waals surface area contributed by atoms with Crippen LogP contribution >= 0.6 is 0 Å². The summed E-state index contributed by atoms with van der Waals surface area (Å²) in [5, 5.41) is 0. The number of carbonyl (C=O) groups excluding carboxylic acids is 1. The maximum atomic E-state index is 13.0. The first-order chi connectivity index (χ1) is 12.8. The topological polar surface area (TPSA) is 82.1 Å². The molecule has 7 nitrogen and oxygen atoms in total. The molecule has 0 N–H and O–H groups in total. The van der Waals surface area contributed by atoms with Crippen molar-refractivity contribution < 1.29 is 26.9 Å². The second-order valence-corrected chi connectivity index (χ2v) is 11.2. The van der Waals surface area contributed by atoms with Crippen LogP contribution in [0.1, 0.15) is 79.6 Å². The summed E-state index contributed by atoms with van der Waals surface area (Å²) in [7, 11) is -3.50. The molecule has 1 saturated heterocycles. The minimum absolute atomic E-state index is 0.0445. The van der Waals surface area contributed by atoms with Crippen LogP contribution in [0.4, 0.5) is 4.79 Å². The minimum Gasteiger partial charge on any atom is -0.444 e. The van der Waals surface area contributed by atoms with Crippen LogP contribution < -0.4 is 0 Å². The van der Waals surface area contributed by atoms with Crippen LogP contribution in [0, 0.1) is 5.92 Å². The molecule has 2 fully saturated rings. The van der Waals surface area contributed by atoms with Crippen molar-refractivity contribution in [2.45, 2.75) is 103 Å². The van der Waals surface area contributed by atoms with E-state index in [1.165, 1.54) is 19.3 Å². The third-order valence-corrected chi connectivity index (χ3v) is 5.97. The first-order valence-corrected chi connectivity index (χ1v) is 12.1. The summed E-state index contributed by atoms with van der Waals surface area (Å²) >= 11 is 0. The molecular weight excluding hydrogens is 382 g/mol. The molecule has 1 saturated carbocycles. The predicted molar refractivity (Wildman–Crippen MR) is 107 cm³/mol. The second-order valence-electron chi connectivity index (χ2n) is 9.58. The smallest absolute Gasteiger partial charge is 0.412 e. The van der Waals surface area contributed by atoms with Gasteiger partial charge in [-0.1, -0.05) is 32.1 Å². The first-order valence-electron chi connectivity index (χ1n) is 10.3. The fraction of sp³-hybridized carbons (Fsp3) is 0.950. The normalized spacial score (nSPS) is 26.4. The van der Waals surface area contributed by atoms with Crippen molar-refractivity contribution in [2.24, 2.45) is 5.92 Å². The van der Waals surface area contributed by atoms with Crippen molar-refractivity contribution in [2.75, 3.05) is 12.9 Å². The lowest BCUT2D eigenvalue weighted by Crippen LogP contribution is -2.50. The lowest BCUT2D eigenvalue weighted by molar-refractivity contribution is -0.0810. The van der Waals surface area contributed by atoms with Crippen molar-refractivity contribution in [3.63, 3.8) is 0 Å². The number of nitrogens with zero attached hydrogens (tertiary/aromatic N) is 1. The highest BCUT2D eigenvalue weighted by molar-refractivity contribution is 7.85. The largest absolute Gasteiger partial charge is 0.444 e. The Morgan fingerprint density at radius 1 is 1.18 bits per heavy atom. The number of carbonyl (C=O) groups is 1. The van der Waals surface area contributed by atoms with Gasteiger partial charge in [-0.15, -0.1) is 0 Å². The predicted octanol–water partition coefficient (Wildman–Crippen LogP) is 4.06. The molecule has 1 amide bonds. The van der Waals surface area contributed by atoms with Crippen molar-refractivity contribution in [1.82, 2.24) is 4.90 Å². The molecular formula is C20H37NO6S. The van der Waals surface area contributed by atoms with Crippen molar-refractivity contribution in [1.29, 1.82) is 0 Å². The van der Waals surface area contributed by atoms with E-state index in [1.807, 2.05) is 34.6 Å². The second kappa shape index (κ2) is 8.88. The SMILES string of the molecule is CC(C)(C)OC(=O)N1[C@@H](CC2CCCCC2)[C@H](CCOS(C)(=O)=O)OC1(C)C. The van der Waals surface area contributed by atoms with Gasteiger partial charge in [-0.2, -0.15) is 8.42 Å². The Hall–Kier alpha value is -0.860. The van der Waals surface area contributed by atoms with E-state index in [2.05, 4.69) is 0 Å². The van der Waals surface area contributed by atoms with Gasteiger partial charge in [0.25, 0.3) is 10.1 Å². The fourth-order valence-corrected chi connectivity index (χ4v) is 4.73. The summed E-state index contributed by atoms with van der Waals surface area (Å²) in [6.07, 6.45) is 7.64. The van der Waals surface area contributed by atoms with E-state index in [9.17, 15) is 13.2 Å². The average molecular weight is 420 g/mol. The Morgan fingerprint density at radius 2 is 1.79 bits per heavy atom. The summed E-state index contributed by atoms with van der Waals surface area (Å²) in [4.78, 5) is 14.7. The van der Waals surface area contributed by atoms with Gasteiger partial charge in [-0.25, -0.2) is 4.79 Å². The molecule has 1 aliphatic carbocycles. The number of hydrogen-bond donors (Lipinski definition) is 0. The van der Waals surface area contributed by atoms with Gasteiger partial charge in [0.1, 0.15) is 11.3 Å². The molecule has 0 radical (unpaired) electrons. The molecule has 0 aromatic rings. The van der Waals surface area contributed by atoms with Gasteiger partial charge < -0.3 is 9.47 Å². The Balaban J connectivity index is 2.18. The minimum atomic E-state index is -3.50. The molecule has 1 aliphatic heterocycles. The van der Waals surface area contributed by atoms with E-state index in [0.717, 1.165) is 25.5 Å². The molecule has 2 rings (SSSR count). The van der Waals surface area contributed by atoms with Gasteiger partial charge >= 0.3 is 6.09 Å². The first kappa shape index (κ1) is 23.4. The zero-order valence-electron chi connectivity index (χ0n) is 18.2. The van der Waals surface area contributed by atoms with E-state index in [0.29, 0.717) is 12.3 Å². The van der Waals surface area contributed by atoms with Gasteiger partial charge in [0.05, 0.1) is 25.0 Å². The third kappa shape index (κ3) is 6.88. The van der Waals surface area contributed by atoms with E-state index >= 15 is 0 Å². The van der Waals surface area contributed by atoms with Gasteiger partial charge in [-0.3, -0.25) is 9.08 Å². The lowest BCUT2D eigenvalue weighted by atomic mass is 9.83. The van der Waals surface area contributed by atoms with Crippen molar-refractivity contribution >= 4 is 16.2 Å². The van der Waals surface area contributed by atoms with Crippen LogP contribution in [0.25, 0.3) is 0 Å². The van der Waals surface area contributed by atoms with E-state index in [-0.39, 0.29) is 24.8 Å². The Labute approximate surface area is 170 Å². The van der Waals surface area contributed by atoms with Crippen LogP contribution in [0.3, 0.4) is 0 Å². The number of hydrogen-bond acceptors (Lipinski definition) is 6. The Morgan fingerprint density at radius 3 is 2.32 bits per heavy atom. The summed E-state index contributed by atoms with van der Waals surface area (Å²) in [6.45, 7) is 9.32. The maximum Gasteiger partial charge on any atom is 0.412 e. The van der Waals surface area contributed by atoms with Crippen LogP contribution in [-0.4, -0.2) is 55.7 Å². The monoisotopic (exact) mass is 419 g/mol. The summed E-state index contributed by atoms with van der Waals surface area (Å²) in [6, 6.07) is -0.156. The van der Waals surface area contributed by atoms with Gasteiger partial charge in [-0.05, 0) is 47.0 Å². The standard InChI is InChI=1S/C20H37NO6S/c1-19(2,3)27-18(22)21-16(14-15-10-8-7-9-11-15)17(26-20(21,4)5)12-13-25-28(6,23)24/h15-17H,7-14H2,1-6H3/t16-,17-/m0/s1. The fourth-order valence-electron chi connectivity index (χ4n) is 4.33. The van der Waals surface area contributed by atoms with Crippen LogP contribution in [0.2, 0.25) is 0 Å². The average Bonchev–Trinajstić information content (AvgIpc) is 2.75. The number of ether oxygens (including phenoxy) is 2. The maximum absolute atomic E-state index is 13.0. The highest BCUT2D eigenvalue weighted by Crippen LogP contribution is 2.40. The Bertz CT molecular complexity index is 634. The molecule has 2 aliphatic rings. The Kier molecular flexibility index (Phi) is 7.42. The molecule has 1 heterocycles. The molecule has 0 bridgehead atoms. The highest BCUT2D eigenvalue weighted by Gasteiger charge is 2.51. The van der Waals surface area contributed by atoms with Gasteiger partial charge in [0, 0.05) is 6.42 Å². The van der Waals surface area contributed by atoms with E-state index in [4.69, 9.17) is 13.7 Å². The highest BCUT2D eigenvalue weighted by atomic mass is 32.2. The van der Waals surface area contributed by atoms with E-state index < -0.39 is 21.4 Å². The van der Waals surface area contributed by atoms with E-state index in [1.54, 1.807) is 4.90 Å². The molecule has 0 unspecified atom stereocenters. The zero-order valence-corrected chi connectivity index (χ0v) is 19.0. The molecule has 0 spiro atoms. The molecule has 0 aromatic heterocycles. The van der Waals surface area contributed by atoms with Crippen LogP contribution in [0.15, 0.2) is 0 Å². The van der Waals surface area contributed by atoms with Crippen LogP contribution in [-0.2, 0) is 23.8 Å². The molecule has 8 heteroatoms. The van der Waals surface area contributed by atoms with Crippen LogP contribution in [0.5, 0.6) is 0 Å². The quantitative estimate of drug-likeness (QED) is 0.604. The summed E-state index contributed by atoms with van der Waals surface area (Å²) < 4.78 is 39.4. The number of amides is 1. The molecule has 0 aromatic carbocycles. The summed E-state index contributed by atoms with van der Waals surface area (Å²) in [5.74, 6) is 0.541. The van der Waals surface area contributed by atoms with Crippen molar-refractivity contribution in [3.05, 3.63) is 0 Å². The molecule has 2 atom stereocenters.